The molecule has 4 rings (SSSR count). The van der Waals surface area contributed by atoms with E-state index in [0.717, 1.165) is 6.54 Å². The van der Waals surface area contributed by atoms with Gasteiger partial charge >= 0.3 is 6.36 Å². The Bertz CT molecular complexity index is 944. The molecule has 1 aromatic carbocycles. The minimum Gasteiger partial charge on any atom is -0.406 e. The van der Waals surface area contributed by atoms with Gasteiger partial charge in [-0.2, -0.15) is 15.0 Å². The molecule has 1 saturated carbocycles. The first-order valence-electron chi connectivity index (χ1n) is 9.75. The van der Waals surface area contributed by atoms with E-state index in [1.165, 1.54) is 31.0 Å². The Morgan fingerprint density at radius 3 is 2.63 bits per heavy atom. The molecule has 3 N–H and O–H groups in total. The molecule has 1 fully saturated rings. The molecule has 1 atom stereocenters. The first-order chi connectivity index (χ1) is 14.2. The predicted molar refractivity (Wildman–Crippen MR) is 105 cm³/mol. The Morgan fingerprint density at radius 2 is 1.93 bits per heavy atom. The van der Waals surface area contributed by atoms with E-state index in [9.17, 15) is 13.2 Å². The molecule has 1 aliphatic heterocycles. The first kappa shape index (κ1) is 20.2. The second kappa shape index (κ2) is 7.96. The minimum atomic E-state index is -4.76. The van der Waals surface area contributed by atoms with Crippen molar-refractivity contribution in [3.05, 3.63) is 30.1 Å². The van der Waals surface area contributed by atoms with Crippen molar-refractivity contribution in [3.63, 3.8) is 0 Å². The van der Waals surface area contributed by atoms with Crippen molar-refractivity contribution in [1.29, 1.82) is 0 Å². The van der Waals surface area contributed by atoms with Crippen LogP contribution in [0.25, 0.3) is 0 Å². The highest BCUT2D eigenvalue weighted by molar-refractivity contribution is 5.57. The largest absolute Gasteiger partial charge is 0.573 e. The highest BCUT2D eigenvalue weighted by atomic mass is 19.4. The molecule has 1 aromatic heterocycles. The number of rotatable bonds is 7. The zero-order chi connectivity index (χ0) is 21.3. The maximum absolute atomic E-state index is 12.5. The molecular weight excluding hydrogens is 399 g/mol. The van der Waals surface area contributed by atoms with Crippen LogP contribution < -0.4 is 20.7 Å². The number of hydrogen-bond acceptors (Lipinski definition) is 7. The normalized spacial score (nSPS) is 18.7. The first-order valence-corrected chi connectivity index (χ1v) is 9.75. The second-order valence-corrected chi connectivity index (χ2v) is 7.62. The monoisotopic (exact) mass is 422 g/mol. The van der Waals surface area contributed by atoms with Crippen LogP contribution in [0, 0.1) is 0 Å². The van der Waals surface area contributed by atoms with Crippen molar-refractivity contribution in [2.24, 2.45) is 0 Å². The number of alkyl halides is 3. The van der Waals surface area contributed by atoms with Crippen LogP contribution >= 0.6 is 0 Å². The molecule has 0 spiro atoms. The van der Waals surface area contributed by atoms with Gasteiger partial charge in [0.25, 0.3) is 0 Å². The summed E-state index contributed by atoms with van der Waals surface area (Å²) in [7, 11) is 0. The standard InChI is InChI=1S/C19H22F3N7O/c1-11(2)16-26-17(24-12-4-3-5-14(8-12)30-19(20,21)22)28-18(27-16)25-15-9-29(10-23-15)13-6-7-13/h3-5,8,10-11,13,15H,6-7,9H2,1-2H3,(H2,24,25,26,27,28)/p+1. The molecule has 2 aromatic rings. The molecule has 1 aliphatic carbocycles. The topological polar surface area (TPSA) is 87.0 Å². The van der Waals surface area contributed by atoms with Crippen molar-refractivity contribution in [3.8, 4) is 5.75 Å². The van der Waals surface area contributed by atoms with Gasteiger partial charge in [-0.25, -0.2) is 0 Å². The Labute approximate surface area is 171 Å². The van der Waals surface area contributed by atoms with Crippen LogP contribution in [0.2, 0.25) is 0 Å². The number of aromatic nitrogens is 3. The van der Waals surface area contributed by atoms with Crippen molar-refractivity contribution >= 4 is 23.9 Å². The molecule has 0 radical (unpaired) electrons. The molecule has 2 heterocycles. The van der Waals surface area contributed by atoms with Gasteiger partial charge < -0.3 is 15.4 Å². The number of nitrogens with zero attached hydrogens (tertiary/aromatic N) is 4. The van der Waals surface area contributed by atoms with Gasteiger partial charge in [-0.3, -0.25) is 9.89 Å². The molecule has 0 bridgehead atoms. The molecule has 0 saturated heterocycles. The summed E-state index contributed by atoms with van der Waals surface area (Å²) in [5, 5.41) is 9.47. The van der Waals surface area contributed by atoms with Gasteiger partial charge in [-0.15, -0.1) is 13.2 Å². The zero-order valence-corrected chi connectivity index (χ0v) is 16.6. The fourth-order valence-electron chi connectivity index (χ4n) is 3.08. The smallest absolute Gasteiger partial charge is 0.406 e. The molecule has 0 amide bonds. The van der Waals surface area contributed by atoms with Crippen LogP contribution in [0.4, 0.5) is 30.8 Å². The lowest BCUT2D eigenvalue weighted by Crippen LogP contribution is -2.35. The predicted octanol–water partition coefficient (Wildman–Crippen LogP) is 3.18. The van der Waals surface area contributed by atoms with Gasteiger partial charge in [0.1, 0.15) is 18.1 Å². The second-order valence-electron chi connectivity index (χ2n) is 7.62. The number of ether oxygens (including phenoxy) is 1. The van der Waals surface area contributed by atoms with Crippen molar-refractivity contribution in [2.45, 2.75) is 51.2 Å². The third kappa shape index (κ3) is 5.28. The number of halogens is 3. The van der Waals surface area contributed by atoms with Gasteiger partial charge in [0.05, 0.1) is 6.04 Å². The maximum atomic E-state index is 12.5. The highest BCUT2D eigenvalue weighted by Crippen LogP contribution is 2.27. The Balaban J connectivity index is 1.49. The van der Waals surface area contributed by atoms with Crippen LogP contribution in [0.1, 0.15) is 38.4 Å². The highest BCUT2D eigenvalue weighted by Gasteiger charge is 2.35. The lowest BCUT2D eigenvalue weighted by atomic mass is 10.2. The summed E-state index contributed by atoms with van der Waals surface area (Å²) >= 11 is 0. The van der Waals surface area contributed by atoms with Gasteiger partial charge in [0.2, 0.25) is 24.4 Å². The van der Waals surface area contributed by atoms with Crippen molar-refractivity contribution < 1.29 is 22.5 Å². The van der Waals surface area contributed by atoms with E-state index in [4.69, 9.17) is 0 Å². The molecule has 1 unspecified atom stereocenters. The van der Waals surface area contributed by atoms with E-state index in [-0.39, 0.29) is 23.8 Å². The van der Waals surface area contributed by atoms with E-state index >= 15 is 0 Å². The molecule has 160 valence electrons. The fraction of sp³-hybridized carbons (Fsp3) is 0.474. The van der Waals surface area contributed by atoms with Crippen LogP contribution in [-0.4, -0.2) is 51.0 Å². The molecule has 11 heteroatoms. The molecular formula is C19H23F3N7O+. The Morgan fingerprint density at radius 1 is 1.17 bits per heavy atom. The van der Waals surface area contributed by atoms with Crippen LogP contribution in [0.5, 0.6) is 5.75 Å². The zero-order valence-electron chi connectivity index (χ0n) is 16.6. The van der Waals surface area contributed by atoms with Crippen LogP contribution in [0.3, 0.4) is 0 Å². The SMILES string of the molecule is CC(C)c1nc(Nc2cccc(OC(F)(F)F)c2)nc(NC2C[N+](C3CC3)=CN2)n1. The van der Waals surface area contributed by atoms with Crippen molar-refractivity contribution in [2.75, 3.05) is 17.2 Å². The third-order valence-electron chi connectivity index (χ3n) is 4.65. The molecule has 2 aliphatic rings. The van der Waals surface area contributed by atoms with Gasteiger partial charge in [-0.05, 0) is 25.0 Å². The van der Waals surface area contributed by atoms with Crippen LogP contribution in [-0.2, 0) is 0 Å². The molecule has 8 nitrogen and oxygen atoms in total. The summed E-state index contributed by atoms with van der Waals surface area (Å²) < 4.78 is 43.6. The Hall–Kier alpha value is -3.11. The fourth-order valence-corrected chi connectivity index (χ4v) is 3.08. The summed E-state index contributed by atoms with van der Waals surface area (Å²) in [4.78, 5) is 13.2. The quantitative estimate of drug-likeness (QED) is 0.591. The van der Waals surface area contributed by atoms with E-state index in [0.29, 0.717) is 23.5 Å². The van der Waals surface area contributed by atoms with Gasteiger partial charge in [-0.1, -0.05) is 19.9 Å². The lowest BCUT2D eigenvalue weighted by molar-refractivity contribution is -0.530. The number of hydrogen-bond donors (Lipinski definition) is 3. The third-order valence-corrected chi connectivity index (χ3v) is 4.65. The van der Waals surface area contributed by atoms with Gasteiger partial charge in [0, 0.05) is 17.7 Å². The van der Waals surface area contributed by atoms with Gasteiger partial charge in [0.15, 0.2) is 0 Å². The summed E-state index contributed by atoms with van der Waals surface area (Å²) in [5.74, 6) is 0.914. The van der Waals surface area contributed by atoms with Crippen molar-refractivity contribution in [1.82, 2.24) is 20.3 Å². The average molecular weight is 422 g/mol. The number of benzene rings is 1. The lowest BCUT2D eigenvalue weighted by Gasteiger charge is -2.14. The number of anilines is 3. The van der Waals surface area contributed by atoms with Crippen LogP contribution in [0.15, 0.2) is 24.3 Å². The Kier molecular flexibility index (Phi) is 5.35. The summed E-state index contributed by atoms with van der Waals surface area (Å²) in [6, 6.07) is 6.14. The van der Waals surface area contributed by atoms with E-state index in [2.05, 4.69) is 40.2 Å². The van der Waals surface area contributed by atoms with E-state index < -0.39 is 6.36 Å². The molecule has 30 heavy (non-hydrogen) atoms. The summed E-state index contributed by atoms with van der Waals surface area (Å²) in [6.45, 7) is 4.71. The maximum Gasteiger partial charge on any atom is 0.573 e. The minimum absolute atomic E-state index is 0.0376. The summed E-state index contributed by atoms with van der Waals surface area (Å²) in [5.41, 5.74) is 0.371. The number of nitrogens with one attached hydrogen (secondary N) is 3. The van der Waals surface area contributed by atoms with E-state index in [1.807, 2.05) is 20.2 Å². The summed E-state index contributed by atoms with van der Waals surface area (Å²) in [6.07, 6.45) is -0.401. The average Bonchev–Trinajstić information content (AvgIpc) is 3.40. The van der Waals surface area contributed by atoms with E-state index in [1.54, 1.807) is 6.07 Å².